The third-order valence-electron chi connectivity index (χ3n) is 3.68. The number of hydrogen-bond acceptors (Lipinski definition) is 2. The van der Waals surface area contributed by atoms with Gasteiger partial charge in [-0.1, -0.05) is 72.3 Å². The van der Waals surface area contributed by atoms with Crippen molar-refractivity contribution in [2.45, 2.75) is 6.92 Å². The number of phenols is 1. The summed E-state index contributed by atoms with van der Waals surface area (Å²) in [4.78, 5) is 12.6. The first-order valence-electron chi connectivity index (χ1n) is 7.15. The molecule has 0 aromatic heterocycles. The Labute approximate surface area is 129 Å². The van der Waals surface area contributed by atoms with Crippen molar-refractivity contribution >= 4 is 5.78 Å². The lowest BCUT2D eigenvalue weighted by Gasteiger charge is -2.09. The SMILES string of the molecule is Cc1ccc(C(=O)c2cccc(-c3ccccc3)c2O)cc1. The van der Waals surface area contributed by atoms with Crippen LogP contribution in [-0.4, -0.2) is 10.9 Å². The van der Waals surface area contributed by atoms with E-state index >= 15 is 0 Å². The second-order valence-corrected chi connectivity index (χ2v) is 5.26. The minimum absolute atomic E-state index is 0.0271. The molecule has 0 saturated carbocycles. The summed E-state index contributed by atoms with van der Waals surface area (Å²) < 4.78 is 0. The van der Waals surface area contributed by atoms with Crippen LogP contribution < -0.4 is 0 Å². The predicted molar refractivity (Wildman–Crippen MR) is 88.2 cm³/mol. The highest BCUT2D eigenvalue weighted by molar-refractivity contribution is 6.11. The highest BCUT2D eigenvalue weighted by Gasteiger charge is 2.16. The normalized spacial score (nSPS) is 10.4. The standard InChI is InChI=1S/C20H16O2/c1-14-10-12-16(13-11-14)19(21)18-9-5-8-17(20(18)22)15-6-3-2-4-7-15/h2-13,22H,1H3. The quantitative estimate of drug-likeness (QED) is 0.715. The van der Waals surface area contributed by atoms with Crippen molar-refractivity contribution in [2.75, 3.05) is 0 Å². The summed E-state index contributed by atoms with van der Waals surface area (Å²) in [5.74, 6) is -0.144. The van der Waals surface area contributed by atoms with Gasteiger partial charge in [0.15, 0.2) is 5.78 Å². The first-order valence-corrected chi connectivity index (χ1v) is 7.15. The average molecular weight is 288 g/mol. The molecular formula is C20H16O2. The molecule has 0 bridgehead atoms. The molecule has 0 atom stereocenters. The number of hydrogen-bond donors (Lipinski definition) is 1. The number of carbonyl (C=O) groups excluding carboxylic acids is 1. The van der Waals surface area contributed by atoms with E-state index in [0.29, 0.717) is 16.7 Å². The Bertz CT molecular complexity index is 803. The fourth-order valence-electron chi connectivity index (χ4n) is 2.44. The van der Waals surface area contributed by atoms with Gasteiger partial charge in [0.05, 0.1) is 5.56 Å². The van der Waals surface area contributed by atoms with E-state index in [0.717, 1.165) is 11.1 Å². The van der Waals surface area contributed by atoms with Crippen molar-refractivity contribution in [1.82, 2.24) is 0 Å². The molecule has 0 spiro atoms. The largest absolute Gasteiger partial charge is 0.507 e. The molecule has 3 aromatic carbocycles. The number of aromatic hydroxyl groups is 1. The van der Waals surface area contributed by atoms with Crippen LogP contribution in [0, 0.1) is 6.92 Å². The monoisotopic (exact) mass is 288 g/mol. The van der Waals surface area contributed by atoms with Gasteiger partial charge in [-0.25, -0.2) is 0 Å². The third kappa shape index (κ3) is 2.63. The van der Waals surface area contributed by atoms with Crippen molar-refractivity contribution in [2.24, 2.45) is 0 Å². The van der Waals surface area contributed by atoms with E-state index in [4.69, 9.17) is 0 Å². The topological polar surface area (TPSA) is 37.3 Å². The maximum absolute atomic E-state index is 12.6. The minimum Gasteiger partial charge on any atom is -0.507 e. The van der Waals surface area contributed by atoms with Gasteiger partial charge in [0, 0.05) is 11.1 Å². The van der Waals surface area contributed by atoms with Crippen molar-refractivity contribution < 1.29 is 9.90 Å². The number of carbonyl (C=O) groups is 1. The van der Waals surface area contributed by atoms with E-state index in [-0.39, 0.29) is 11.5 Å². The summed E-state index contributed by atoms with van der Waals surface area (Å²) in [5, 5.41) is 10.5. The zero-order chi connectivity index (χ0) is 15.5. The van der Waals surface area contributed by atoms with Gasteiger partial charge in [-0.05, 0) is 18.6 Å². The highest BCUT2D eigenvalue weighted by Crippen LogP contribution is 2.33. The first kappa shape index (κ1) is 14.1. The van der Waals surface area contributed by atoms with E-state index in [1.54, 1.807) is 24.3 Å². The van der Waals surface area contributed by atoms with E-state index in [9.17, 15) is 9.90 Å². The Balaban J connectivity index is 2.05. The Hall–Kier alpha value is -2.87. The van der Waals surface area contributed by atoms with Gasteiger partial charge >= 0.3 is 0 Å². The predicted octanol–water partition coefficient (Wildman–Crippen LogP) is 4.60. The van der Waals surface area contributed by atoms with Gasteiger partial charge in [0.1, 0.15) is 5.75 Å². The molecule has 0 aliphatic carbocycles. The minimum atomic E-state index is -0.171. The van der Waals surface area contributed by atoms with Crippen LogP contribution in [0.5, 0.6) is 5.75 Å². The molecule has 2 nitrogen and oxygen atoms in total. The Kier molecular flexibility index (Phi) is 3.75. The number of ketones is 1. The summed E-state index contributed by atoms with van der Waals surface area (Å²) in [6.07, 6.45) is 0. The van der Waals surface area contributed by atoms with Gasteiger partial charge in [-0.2, -0.15) is 0 Å². The zero-order valence-corrected chi connectivity index (χ0v) is 12.3. The third-order valence-corrected chi connectivity index (χ3v) is 3.68. The van der Waals surface area contributed by atoms with Crippen LogP contribution in [0.2, 0.25) is 0 Å². The fraction of sp³-hybridized carbons (Fsp3) is 0.0500. The molecule has 0 fully saturated rings. The number of para-hydroxylation sites is 1. The number of aryl methyl sites for hydroxylation is 1. The van der Waals surface area contributed by atoms with Crippen LogP contribution in [-0.2, 0) is 0 Å². The van der Waals surface area contributed by atoms with E-state index in [2.05, 4.69) is 0 Å². The fourth-order valence-corrected chi connectivity index (χ4v) is 2.44. The molecular weight excluding hydrogens is 272 g/mol. The summed E-state index contributed by atoms with van der Waals surface area (Å²) in [6.45, 7) is 1.97. The Morgan fingerprint density at radius 2 is 1.50 bits per heavy atom. The Morgan fingerprint density at radius 1 is 0.818 bits per heavy atom. The van der Waals surface area contributed by atoms with Gasteiger partial charge in [-0.15, -0.1) is 0 Å². The van der Waals surface area contributed by atoms with E-state index in [1.165, 1.54) is 0 Å². The molecule has 0 radical (unpaired) electrons. The van der Waals surface area contributed by atoms with Gasteiger partial charge in [-0.3, -0.25) is 4.79 Å². The van der Waals surface area contributed by atoms with E-state index in [1.807, 2.05) is 55.5 Å². The molecule has 108 valence electrons. The summed E-state index contributed by atoms with van der Waals surface area (Å²) in [7, 11) is 0. The molecule has 3 rings (SSSR count). The molecule has 0 amide bonds. The lowest BCUT2D eigenvalue weighted by atomic mass is 9.96. The number of phenolic OH excluding ortho intramolecular Hbond substituents is 1. The molecule has 1 N–H and O–H groups in total. The van der Waals surface area contributed by atoms with E-state index < -0.39 is 0 Å². The maximum atomic E-state index is 12.6. The first-order chi connectivity index (χ1) is 10.7. The summed E-state index contributed by atoms with van der Waals surface area (Å²) >= 11 is 0. The molecule has 22 heavy (non-hydrogen) atoms. The zero-order valence-electron chi connectivity index (χ0n) is 12.3. The molecule has 0 saturated heterocycles. The molecule has 0 heterocycles. The molecule has 3 aromatic rings. The Morgan fingerprint density at radius 3 is 2.18 bits per heavy atom. The molecule has 0 aliphatic heterocycles. The highest BCUT2D eigenvalue weighted by atomic mass is 16.3. The lowest BCUT2D eigenvalue weighted by molar-refractivity contribution is 0.103. The van der Waals surface area contributed by atoms with Gasteiger partial charge in [0.25, 0.3) is 0 Å². The molecule has 0 unspecified atom stereocenters. The smallest absolute Gasteiger partial charge is 0.196 e. The van der Waals surface area contributed by atoms with Crippen molar-refractivity contribution in [3.63, 3.8) is 0 Å². The van der Waals surface area contributed by atoms with Crippen LogP contribution in [0.15, 0.2) is 72.8 Å². The van der Waals surface area contributed by atoms with Crippen molar-refractivity contribution in [3.05, 3.63) is 89.5 Å². The van der Waals surface area contributed by atoms with Crippen LogP contribution >= 0.6 is 0 Å². The summed E-state index contributed by atoms with van der Waals surface area (Å²) in [5.41, 5.74) is 3.55. The molecule has 0 aliphatic rings. The van der Waals surface area contributed by atoms with Gasteiger partial charge < -0.3 is 5.11 Å². The lowest BCUT2D eigenvalue weighted by Crippen LogP contribution is -2.02. The van der Waals surface area contributed by atoms with Crippen LogP contribution in [0.4, 0.5) is 0 Å². The van der Waals surface area contributed by atoms with Crippen molar-refractivity contribution in [3.8, 4) is 16.9 Å². The second-order valence-electron chi connectivity index (χ2n) is 5.26. The summed E-state index contributed by atoms with van der Waals surface area (Å²) in [6, 6.07) is 22.2. The average Bonchev–Trinajstić information content (AvgIpc) is 2.56. The maximum Gasteiger partial charge on any atom is 0.196 e. The van der Waals surface area contributed by atoms with Crippen LogP contribution in [0.3, 0.4) is 0 Å². The van der Waals surface area contributed by atoms with Crippen molar-refractivity contribution in [1.29, 1.82) is 0 Å². The number of benzene rings is 3. The van der Waals surface area contributed by atoms with Crippen LogP contribution in [0.1, 0.15) is 21.5 Å². The molecule has 2 heteroatoms. The number of rotatable bonds is 3. The van der Waals surface area contributed by atoms with Crippen LogP contribution in [0.25, 0.3) is 11.1 Å². The second kappa shape index (κ2) is 5.86. The van der Waals surface area contributed by atoms with Gasteiger partial charge in [0.2, 0.25) is 0 Å².